The van der Waals surface area contributed by atoms with Crippen molar-refractivity contribution in [2.45, 2.75) is 19.5 Å². The number of methoxy groups -OCH3 is 1. The molecule has 21 heavy (non-hydrogen) atoms. The van der Waals surface area contributed by atoms with Gasteiger partial charge >= 0.3 is 0 Å². The average molecular weight is 293 g/mol. The summed E-state index contributed by atoms with van der Waals surface area (Å²) in [6.45, 7) is 2.10. The summed E-state index contributed by atoms with van der Waals surface area (Å²) in [5.74, 6) is -0.818. The molecule has 0 radical (unpaired) electrons. The number of hydrogen-bond donors (Lipinski definition) is 2. The van der Waals surface area contributed by atoms with Crippen LogP contribution < -0.4 is 10.1 Å². The second kappa shape index (κ2) is 6.54. The third-order valence-electron chi connectivity index (χ3n) is 3.33. The van der Waals surface area contributed by atoms with Crippen molar-refractivity contribution in [1.29, 1.82) is 0 Å². The van der Waals surface area contributed by atoms with Crippen LogP contribution >= 0.6 is 0 Å². The molecular weight excluding hydrogens is 276 g/mol. The summed E-state index contributed by atoms with van der Waals surface area (Å²) >= 11 is 0. The monoisotopic (exact) mass is 293 g/mol. The fourth-order valence-electron chi connectivity index (χ4n) is 2.12. The summed E-state index contributed by atoms with van der Waals surface area (Å²) in [7, 11) is 1.52. The predicted molar refractivity (Wildman–Crippen MR) is 76.3 cm³/mol. The maximum absolute atomic E-state index is 13.4. The van der Waals surface area contributed by atoms with Gasteiger partial charge in [-0.25, -0.2) is 8.78 Å². The number of benzene rings is 2. The lowest BCUT2D eigenvalue weighted by atomic mass is 10.1. The van der Waals surface area contributed by atoms with Gasteiger partial charge in [-0.15, -0.1) is 0 Å². The molecule has 2 rings (SSSR count). The van der Waals surface area contributed by atoms with Crippen LogP contribution in [0.2, 0.25) is 0 Å². The van der Waals surface area contributed by atoms with E-state index in [1.807, 2.05) is 6.92 Å². The van der Waals surface area contributed by atoms with Gasteiger partial charge in [0.25, 0.3) is 0 Å². The zero-order chi connectivity index (χ0) is 15.4. The average Bonchev–Trinajstić information content (AvgIpc) is 2.48. The number of aromatic hydroxyl groups is 1. The van der Waals surface area contributed by atoms with Gasteiger partial charge in [-0.2, -0.15) is 0 Å². The Morgan fingerprint density at radius 2 is 2.00 bits per heavy atom. The number of hydrogen-bond acceptors (Lipinski definition) is 3. The number of halogens is 2. The molecule has 2 aromatic rings. The molecule has 2 N–H and O–H groups in total. The van der Waals surface area contributed by atoms with Gasteiger partial charge in [-0.3, -0.25) is 0 Å². The minimum absolute atomic E-state index is 0.224. The third kappa shape index (κ3) is 3.49. The van der Waals surface area contributed by atoms with Crippen LogP contribution in [-0.2, 0) is 6.54 Å². The Morgan fingerprint density at radius 3 is 2.71 bits per heavy atom. The fraction of sp³-hybridized carbons (Fsp3) is 0.250. The molecule has 0 aliphatic rings. The van der Waals surface area contributed by atoms with Crippen LogP contribution in [0.1, 0.15) is 24.1 Å². The second-order valence-electron chi connectivity index (χ2n) is 4.74. The van der Waals surface area contributed by atoms with E-state index in [4.69, 9.17) is 4.74 Å². The van der Waals surface area contributed by atoms with E-state index in [0.29, 0.717) is 16.9 Å². The van der Waals surface area contributed by atoms with Gasteiger partial charge in [0.2, 0.25) is 0 Å². The SMILES string of the molecule is COc1ccc(F)cc1C(C)NCc1cccc(F)c1O. The highest BCUT2D eigenvalue weighted by Gasteiger charge is 2.13. The summed E-state index contributed by atoms with van der Waals surface area (Å²) in [6, 6.07) is 8.40. The molecule has 112 valence electrons. The van der Waals surface area contributed by atoms with Gasteiger partial charge in [-0.1, -0.05) is 12.1 Å². The second-order valence-corrected chi connectivity index (χ2v) is 4.74. The molecule has 1 atom stereocenters. The van der Waals surface area contributed by atoms with E-state index < -0.39 is 5.82 Å². The molecule has 0 saturated carbocycles. The number of ether oxygens (including phenoxy) is 1. The molecule has 0 saturated heterocycles. The van der Waals surface area contributed by atoms with E-state index in [2.05, 4.69) is 5.32 Å². The maximum Gasteiger partial charge on any atom is 0.165 e. The molecular formula is C16H17F2NO2. The zero-order valence-electron chi connectivity index (χ0n) is 11.9. The van der Waals surface area contributed by atoms with Crippen LogP contribution in [0.3, 0.4) is 0 Å². The maximum atomic E-state index is 13.4. The van der Waals surface area contributed by atoms with Gasteiger partial charge in [0, 0.05) is 23.7 Å². The topological polar surface area (TPSA) is 41.5 Å². The Labute approximate surface area is 122 Å². The van der Waals surface area contributed by atoms with E-state index in [0.717, 1.165) is 0 Å². The fourth-order valence-corrected chi connectivity index (χ4v) is 2.12. The Balaban J connectivity index is 2.13. The van der Waals surface area contributed by atoms with Crippen LogP contribution in [0.15, 0.2) is 36.4 Å². The zero-order valence-corrected chi connectivity index (χ0v) is 11.9. The standard InChI is InChI=1S/C16H17F2NO2/c1-10(13-8-12(17)6-7-15(13)21-2)19-9-11-4-3-5-14(18)16(11)20/h3-8,10,19-20H,9H2,1-2H3. The van der Waals surface area contributed by atoms with Crippen LogP contribution in [0, 0.1) is 11.6 Å². The molecule has 0 aromatic heterocycles. The van der Waals surface area contributed by atoms with Crippen molar-refractivity contribution >= 4 is 0 Å². The summed E-state index contributed by atoms with van der Waals surface area (Å²) in [4.78, 5) is 0. The van der Waals surface area contributed by atoms with Crippen molar-refractivity contribution in [3.8, 4) is 11.5 Å². The van der Waals surface area contributed by atoms with Crippen molar-refractivity contribution in [2.24, 2.45) is 0 Å². The molecule has 0 heterocycles. The first-order chi connectivity index (χ1) is 10.0. The van der Waals surface area contributed by atoms with Crippen LogP contribution in [0.5, 0.6) is 11.5 Å². The Bertz CT molecular complexity index is 632. The lowest BCUT2D eigenvalue weighted by molar-refractivity contribution is 0.397. The quantitative estimate of drug-likeness (QED) is 0.886. The summed E-state index contributed by atoms with van der Waals surface area (Å²) in [5.41, 5.74) is 1.10. The van der Waals surface area contributed by atoms with Crippen LogP contribution in [0.4, 0.5) is 8.78 Å². The smallest absolute Gasteiger partial charge is 0.165 e. The minimum atomic E-state index is -0.662. The minimum Gasteiger partial charge on any atom is -0.505 e. The summed E-state index contributed by atoms with van der Waals surface area (Å²) in [6.07, 6.45) is 0. The number of phenols is 1. The van der Waals surface area contributed by atoms with Gasteiger partial charge in [0.15, 0.2) is 11.6 Å². The molecule has 0 amide bonds. The van der Waals surface area contributed by atoms with Gasteiger partial charge in [0.05, 0.1) is 7.11 Å². The van der Waals surface area contributed by atoms with Crippen molar-refractivity contribution in [2.75, 3.05) is 7.11 Å². The number of phenolic OH excluding ortho intramolecular Hbond substituents is 1. The van der Waals surface area contributed by atoms with E-state index in [1.165, 1.54) is 31.4 Å². The molecule has 0 aliphatic carbocycles. The lowest BCUT2D eigenvalue weighted by Gasteiger charge is -2.18. The first-order valence-corrected chi connectivity index (χ1v) is 6.56. The van der Waals surface area contributed by atoms with Crippen LogP contribution in [0.25, 0.3) is 0 Å². The highest BCUT2D eigenvalue weighted by molar-refractivity contribution is 5.37. The van der Waals surface area contributed by atoms with Crippen molar-refractivity contribution in [3.05, 3.63) is 59.2 Å². The van der Waals surface area contributed by atoms with Gasteiger partial charge < -0.3 is 15.2 Å². The van der Waals surface area contributed by atoms with Gasteiger partial charge in [0.1, 0.15) is 11.6 Å². The lowest BCUT2D eigenvalue weighted by Crippen LogP contribution is -2.19. The summed E-state index contributed by atoms with van der Waals surface area (Å²) in [5, 5.41) is 12.7. The van der Waals surface area contributed by atoms with Crippen LogP contribution in [-0.4, -0.2) is 12.2 Å². The number of rotatable bonds is 5. The van der Waals surface area contributed by atoms with Crippen molar-refractivity contribution < 1.29 is 18.6 Å². The first kappa shape index (κ1) is 15.3. The highest BCUT2D eigenvalue weighted by atomic mass is 19.1. The van der Waals surface area contributed by atoms with Gasteiger partial charge in [-0.05, 0) is 31.2 Å². The molecule has 5 heteroatoms. The third-order valence-corrected chi connectivity index (χ3v) is 3.33. The van der Waals surface area contributed by atoms with E-state index >= 15 is 0 Å². The Morgan fingerprint density at radius 1 is 1.24 bits per heavy atom. The molecule has 2 aromatic carbocycles. The van der Waals surface area contributed by atoms with Crippen molar-refractivity contribution in [3.63, 3.8) is 0 Å². The molecule has 3 nitrogen and oxygen atoms in total. The number of para-hydroxylation sites is 1. The van der Waals surface area contributed by atoms with E-state index in [9.17, 15) is 13.9 Å². The highest BCUT2D eigenvalue weighted by Crippen LogP contribution is 2.27. The van der Waals surface area contributed by atoms with E-state index in [-0.39, 0.29) is 24.2 Å². The van der Waals surface area contributed by atoms with Crippen molar-refractivity contribution in [1.82, 2.24) is 5.32 Å². The summed E-state index contributed by atoms with van der Waals surface area (Å²) < 4.78 is 31.8. The largest absolute Gasteiger partial charge is 0.505 e. The molecule has 0 aliphatic heterocycles. The Hall–Kier alpha value is -2.14. The molecule has 0 fully saturated rings. The Kier molecular flexibility index (Phi) is 4.75. The normalized spacial score (nSPS) is 12.2. The molecule has 0 spiro atoms. The molecule has 1 unspecified atom stereocenters. The predicted octanol–water partition coefficient (Wildman–Crippen LogP) is 3.53. The molecule has 0 bridgehead atoms. The first-order valence-electron chi connectivity index (χ1n) is 6.56. The number of nitrogens with one attached hydrogen (secondary N) is 1. The van der Waals surface area contributed by atoms with E-state index in [1.54, 1.807) is 12.1 Å².